The van der Waals surface area contributed by atoms with E-state index < -0.39 is 27.7 Å². The molecule has 3 aromatic rings. The smallest absolute Gasteiger partial charge is 0.357 e. The third-order valence-corrected chi connectivity index (χ3v) is 4.55. The Bertz CT molecular complexity index is 1260. The van der Waals surface area contributed by atoms with Gasteiger partial charge in [0.05, 0.1) is 17.1 Å². The highest BCUT2D eigenvalue weighted by atomic mass is 35.5. The van der Waals surface area contributed by atoms with E-state index in [1.165, 1.54) is 31.4 Å². The van der Waals surface area contributed by atoms with Crippen LogP contribution in [0.1, 0.15) is 16.8 Å². The van der Waals surface area contributed by atoms with Crippen LogP contribution in [0.15, 0.2) is 46.0 Å². The lowest BCUT2D eigenvalue weighted by Gasteiger charge is -2.12. The summed E-state index contributed by atoms with van der Waals surface area (Å²) in [7, 11) is 1.41. The van der Waals surface area contributed by atoms with Gasteiger partial charge in [0.1, 0.15) is 18.1 Å². The number of ether oxygens (including phenoxy) is 2. The van der Waals surface area contributed by atoms with Crippen LogP contribution in [-0.2, 0) is 6.61 Å². The predicted octanol–water partition coefficient (Wildman–Crippen LogP) is 3.52. The Morgan fingerprint density at radius 3 is 2.61 bits per heavy atom. The fourth-order valence-corrected chi connectivity index (χ4v) is 2.92. The summed E-state index contributed by atoms with van der Waals surface area (Å²) in [6.07, 6.45) is 2.67. The van der Waals surface area contributed by atoms with Crippen LogP contribution in [-0.4, -0.2) is 22.0 Å². The molecule has 0 amide bonds. The Balaban J connectivity index is 1.86. The van der Waals surface area contributed by atoms with E-state index >= 15 is 0 Å². The van der Waals surface area contributed by atoms with E-state index in [9.17, 15) is 24.1 Å². The molecule has 0 aliphatic rings. The Morgan fingerprint density at radius 2 is 1.94 bits per heavy atom. The van der Waals surface area contributed by atoms with Crippen molar-refractivity contribution in [1.29, 1.82) is 0 Å². The van der Waals surface area contributed by atoms with Crippen molar-refractivity contribution >= 4 is 29.4 Å². The van der Waals surface area contributed by atoms with Gasteiger partial charge in [-0.1, -0.05) is 29.8 Å². The molecule has 31 heavy (non-hydrogen) atoms. The predicted molar refractivity (Wildman–Crippen MR) is 112 cm³/mol. The zero-order valence-corrected chi connectivity index (χ0v) is 16.7. The first-order valence-electron chi connectivity index (χ1n) is 8.73. The molecule has 2 aromatic carbocycles. The molecule has 0 aliphatic carbocycles. The van der Waals surface area contributed by atoms with E-state index in [1.807, 2.05) is 0 Å². The molecule has 1 aromatic heterocycles. The normalized spacial score (nSPS) is 10.9. The van der Waals surface area contributed by atoms with Gasteiger partial charge >= 0.3 is 16.9 Å². The molecule has 9 nitrogen and oxygen atoms in total. The molecule has 0 saturated heterocycles. The lowest BCUT2D eigenvalue weighted by molar-refractivity contribution is -0.386. The average Bonchev–Trinajstić information content (AvgIpc) is 2.71. The lowest BCUT2D eigenvalue weighted by atomic mass is 10.1. The molecule has 3 rings (SSSR count). The molecule has 0 saturated carbocycles. The Labute approximate surface area is 178 Å². The molecular formula is C20H15ClFN3O6. The zero-order valence-electron chi connectivity index (χ0n) is 16.0. The number of nitrogens with one attached hydrogen (secondary N) is 2. The molecule has 0 unspecified atom stereocenters. The number of benzene rings is 2. The largest absolute Gasteiger partial charge is 0.493 e. The summed E-state index contributed by atoms with van der Waals surface area (Å²) < 4.78 is 24.8. The maximum atomic E-state index is 13.9. The highest BCUT2D eigenvalue weighted by Crippen LogP contribution is 2.31. The highest BCUT2D eigenvalue weighted by Gasteiger charge is 2.19. The fraction of sp³-hybridized carbons (Fsp3) is 0.100. The van der Waals surface area contributed by atoms with Gasteiger partial charge in [-0.25, -0.2) is 9.18 Å². The maximum Gasteiger partial charge on any atom is 0.357 e. The van der Waals surface area contributed by atoms with Gasteiger partial charge in [0.25, 0.3) is 0 Å². The number of halogens is 2. The van der Waals surface area contributed by atoms with Gasteiger partial charge < -0.3 is 14.5 Å². The Hall–Kier alpha value is -3.92. The molecule has 0 radical (unpaired) electrons. The van der Waals surface area contributed by atoms with Crippen molar-refractivity contribution in [2.45, 2.75) is 6.61 Å². The first-order valence-corrected chi connectivity index (χ1v) is 9.10. The van der Waals surface area contributed by atoms with Gasteiger partial charge in [-0.15, -0.1) is 0 Å². The van der Waals surface area contributed by atoms with E-state index in [1.54, 1.807) is 29.2 Å². The summed E-state index contributed by atoms with van der Waals surface area (Å²) >= 11 is 5.99. The van der Waals surface area contributed by atoms with Crippen LogP contribution in [0.25, 0.3) is 12.2 Å². The second-order valence-corrected chi connectivity index (χ2v) is 6.57. The maximum absolute atomic E-state index is 13.9. The van der Waals surface area contributed by atoms with Crippen LogP contribution >= 0.6 is 11.6 Å². The number of aromatic nitrogens is 2. The number of methoxy groups -OCH3 is 1. The molecular weight excluding hydrogens is 433 g/mol. The van der Waals surface area contributed by atoms with Crippen molar-refractivity contribution in [1.82, 2.24) is 9.97 Å². The van der Waals surface area contributed by atoms with E-state index in [-0.39, 0.29) is 22.9 Å². The topological polar surface area (TPSA) is 127 Å². The second kappa shape index (κ2) is 9.26. The van der Waals surface area contributed by atoms with Gasteiger partial charge in [0.2, 0.25) is 0 Å². The summed E-state index contributed by atoms with van der Waals surface area (Å²) in [6, 6.07) is 9.03. The van der Waals surface area contributed by atoms with Crippen LogP contribution in [0, 0.1) is 15.9 Å². The number of nitrogens with zero attached hydrogens (tertiary/aromatic N) is 1. The summed E-state index contributed by atoms with van der Waals surface area (Å²) in [5.41, 5.74) is -2.30. The molecule has 1 heterocycles. The summed E-state index contributed by atoms with van der Waals surface area (Å²) in [4.78, 5) is 37.3. The Kier molecular flexibility index (Phi) is 6.51. The summed E-state index contributed by atoms with van der Waals surface area (Å²) in [6.45, 7) is -0.128. The molecule has 0 bridgehead atoms. The SMILES string of the molecule is COc1cc(C=Cc2[nH]c(=O)[nH]c(=O)c2[N+](=O)[O-])ccc1OCc1c(F)cccc1Cl. The van der Waals surface area contributed by atoms with Gasteiger partial charge in [-0.3, -0.25) is 19.9 Å². The van der Waals surface area contributed by atoms with E-state index in [0.717, 1.165) is 0 Å². The molecule has 0 fully saturated rings. The number of hydrogen-bond acceptors (Lipinski definition) is 6. The number of aromatic amines is 2. The summed E-state index contributed by atoms with van der Waals surface area (Å²) in [5.74, 6) is 0.123. The van der Waals surface area contributed by atoms with Crippen LogP contribution in [0.3, 0.4) is 0 Å². The molecule has 0 spiro atoms. The van der Waals surface area contributed by atoms with Crippen molar-refractivity contribution in [3.63, 3.8) is 0 Å². The third kappa shape index (κ3) is 4.98. The highest BCUT2D eigenvalue weighted by molar-refractivity contribution is 6.31. The monoisotopic (exact) mass is 447 g/mol. The van der Waals surface area contributed by atoms with Crippen LogP contribution in [0.4, 0.5) is 10.1 Å². The lowest BCUT2D eigenvalue weighted by Crippen LogP contribution is -2.25. The summed E-state index contributed by atoms with van der Waals surface area (Å²) in [5, 5.41) is 11.3. The van der Waals surface area contributed by atoms with E-state index in [2.05, 4.69) is 4.98 Å². The minimum atomic E-state index is -1.11. The number of nitro groups is 1. The molecule has 2 N–H and O–H groups in total. The molecule has 0 atom stereocenters. The zero-order chi connectivity index (χ0) is 22.5. The van der Waals surface area contributed by atoms with Crippen molar-refractivity contribution in [2.75, 3.05) is 7.11 Å². The van der Waals surface area contributed by atoms with Crippen LogP contribution < -0.4 is 20.7 Å². The van der Waals surface area contributed by atoms with Gasteiger partial charge in [-0.05, 0) is 35.9 Å². The first-order chi connectivity index (χ1) is 14.8. The van der Waals surface area contributed by atoms with Crippen LogP contribution in [0.5, 0.6) is 11.5 Å². The van der Waals surface area contributed by atoms with E-state index in [0.29, 0.717) is 17.1 Å². The van der Waals surface area contributed by atoms with Crippen molar-refractivity contribution < 1.29 is 18.8 Å². The number of hydrogen-bond donors (Lipinski definition) is 2. The average molecular weight is 448 g/mol. The number of H-pyrrole nitrogens is 2. The van der Waals surface area contributed by atoms with E-state index in [4.69, 9.17) is 21.1 Å². The van der Waals surface area contributed by atoms with Gasteiger partial charge in [0, 0.05) is 5.56 Å². The van der Waals surface area contributed by atoms with Crippen LogP contribution in [0.2, 0.25) is 5.02 Å². The van der Waals surface area contributed by atoms with Gasteiger partial charge in [-0.2, -0.15) is 0 Å². The molecule has 0 aliphatic heterocycles. The van der Waals surface area contributed by atoms with Gasteiger partial charge in [0.15, 0.2) is 11.5 Å². The quantitative estimate of drug-likeness (QED) is 0.421. The molecule has 11 heteroatoms. The standard InChI is InChI=1S/C20H15ClFN3O6/c1-30-17-9-11(5-7-15-18(25(28)29)19(26)24-20(27)23-15)6-8-16(17)31-10-12-13(21)3-2-4-14(12)22/h2-9H,10H2,1H3,(H2,23,24,26,27). The Morgan fingerprint density at radius 1 is 1.16 bits per heavy atom. The van der Waals surface area contributed by atoms with Crippen molar-refractivity contribution in [3.8, 4) is 11.5 Å². The minimum Gasteiger partial charge on any atom is -0.493 e. The first kappa shape index (κ1) is 21.8. The van der Waals surface area contributed by atoms with Crippen molar-refractivity contribution in [2.24, 2.45) is 0 Å². The number of rotatable bonds is 7. The third-order valence-electron chi connectivity index (χ3n) is 4.19. The second-order valence-electron chi connectivity index (χ2n) is 6.16. The minimum absolute atomic E-state index is 0.128. The fourth-order valence-electron chi connectivity index (χ4n) is 2.71. The molecule has 160 valence electrons. The van der Waals surface area contributed by atoms with Crippen molar-refractivity contribution in [3.05, 3.63) is 95.0 Å².